The molecule has 0 bridgehead atoms. The zero-order valence-corrected chi connectivity index (χ0v) is 17.8. The lowest BCUT2D eigenvalue weighted by molar-refractivity contribution is 0.0943. The van der Waals surface area contributed by atoms with Crippen LogP contribution in [0.2, 0.25) is 0 Å². The highest BCUT2D eigenvalue weighted by Gasteiger charge is 2.19. The minimum atomic E-state index is -0.264. The second kappa shape index (κ2) is 8.28. The van der Waals surface area contributed by atoms with E-state index in [4.69, 9.17) is 4.74 Å². The number of rotatable bonds is 6. The van der Waals surface area contributed by atoms with Gasteiger partial charge < -0.3 is 10.1 Å². The number of para-hydroxylation sites is 1. The minimum Gasteiger partial charge on any atom is -0.496 e. The highest BCUT2D eigenvalue weighted by Crippen LogP contribution is 2.30. The fourth-order valence-corrected chi connectivity index (χ4v) is 4.53. The summed E-state index contributed by atoms with van der Waals surface area (Å²) in [5.41, 5.74) is 2.73. The first-order valence-corrected chi connectivity index (χ1v) is 10.4. The summed E-state index contributed by atoms with van der Waals surface area (Å²) in [6, 6.07) is 15.7. The van der Waals surface area contributed by atoms with Crippen LogP contribution in [0.25, 0.3) is 10.2 Å². The predicted octanol–water partition coefficient (Wildman–Crippen LogP) is 5.09. The van der Waals surface area contributed by atoms with Gasteiger partial charge in [-0.05, 0) is 43.7 Å². The first kappa shape index (κ1) is 20.1. The highest BCUT2D eigenvalue weighted by molar-refractivity contribution is 7.20. The molecule has 4 rings (SSSR count). The molecule has 0 saturated heterocycles. The molecule has 1 N–H and O–H groups in total. The number of benzene rings is 2. The lowest BCUT2D eigenvalue weighted by Gasteiger charge is -2.16. The number of ether oxygens (including phenoxy) is 1. The first-order chi connectivity index (χ1) is 14.5. The van der Waals surface area contributed by atoms with Crippen molar-refractivity contribution in [1.82, 2.24) is 15.1 Å². The Morgan fingerprint density at radius 2 is 1.97 bits per heavy atom. The number of thiophene rings is 1. The monoisotopic (exact) mass is 423 g/mol. The molecule has 7 heteroatoms. The number of carbonyl (C=O) groups is 1. The highest BCUT2D eigenvalue weighted by atomic mass is 32.1. The second-order valence-electron chi connectivity index (χ2n) is 7.14. The molecule has 0 unspecified atom stereocenters. The van der Waals surface area contributed by atoms with E-state index in [0.717, 1.165) is 32.8 Å². The van der Waals surface area contributed by atoms with Crippen molar-refractivity contribution < 1.29 is 13.9 Å². The standard InChI is InChI=1S/C23H22FN3O2S/c1-14(18-6-4-5-7-20(18)29-3)25-22(28)21-12-19-15(2)26-27(23(19)30-21)13-16-8-10-17(24)11-9-16/h4-12,14H,13H2,1-3H3,(H,25,28)/t14-/m1/s1. The summed E-state index contributed by atoms with van der Waals surface area (Å²) in [6.45, 7) is 4.38. The van der Waals surface area contributed by atoms with Crippen molar-refractivity contribution in [3.63, 3.8) is 0 Å². The third-order valence-electron chi connectivity index (χ3n) is 5.03. The van der Waals surface area contributed by atoms with E-state index < -0.39 is 0 Å². The van der Waals surface area contributed by atoms with Gasteiger partial charge >= 0.3 is 0 Å². The van der Waals surface area contributed by atoms with E-state index in [1.165, 1.54) is 23.5 Å². The maximum absolute atomic E-state index is 13.2. The third kappa shape index (κ3) is 3.93. The molecule has 2 heterocycles. The second-order valence-corrected chi connectivity index (χ2v) is 8.17. The number of aryl methyl sites for hydroxylation is 1. The summed E-state index contributed by atoms with van der Waals surface area (Å²) >= 11 is 1.41. The van der Waals surface area contributed by atoms with Crippen molar-refractivity contribution in [1.29, 1.82) is 0 Å². The number of hydrogen-bond acceptors (Lipinski definition) is 4. The van der Waals surface area contributed by atoms with Gasteiger partial charge in [-0.2, -0.15) is 5.10 Å². The van der Waals surface area contributed by atoms with Crippen LogP contribution in [0.3, 0.4) is 0 Å². The summed E-state index contributed by atoms with van der Waals surface area (Å²) in [7, 11) is 1.62. The van der Waals surface area contributed by atoms with Crippen molar-refractivity contribution in [3.8, 4) is 5.75 Å². The zero-order valence-electron chi connectivity index (χ0n) is 17.0. The van der Waals surface area contributed by atoms with E-state index in [2.05, 4.69) is 10.4 Å². The van der Waals surface area contributed by atoms with Gasteiger partial charge in [0.25, 0.3) is 5.91 Å². The van der Waals surface area contributed by atoms with E-state index in [1.54, 1.807) is 19.2 Å². The Bertz CT molecular complexity index is 1200. The Balaban J connectivity index is 1.57. The largest absolute Gasteiger partial charge is 0.496 e. The molecule has 0 spiro atoms. The van der Waals surface area contributed by atoms with E-state index in [-0.39, 0.29) is 17.8 Å². The Labute approximate surface area is 178 Å². The molecule has 2 aromatic carbocycles. The summed E-state index contributed by atoms with van der Waals surface area (Å²) in [4.78, 5) is 14.4. The van der Waals surface area contributed by atoms with Crippen LogP contribution in [0.1, 0.15) is 39.5 Å². The van der Waals surface area contributed by atoms with Crippen LogP contribution in [0, 0.1) is 12.7 Å². The van der Waals surface area contributed by atoms with Crippen LogP contribution in [0.5, 0.6) is 5.75 Å². The lowest BCUT2D eigenvalue weighted by atomic mass is 10.1. The molecule has 0 radical (unpaired) electrons. The van der Waals surface area contributed by atoms with E-state index in [0.29, 0.717) is 11.4 Å². The fourth-order valence-electron chi connectivity index (χ4n) is 3.46. The molecule has 1 atom stereocenters. The van der Waals surface area contributed by atoms with Crippen molar-refractivity contribution in [2.75, 3.05) is 7.11 Å². The summed E-state index contributed by atoms with van der Waals surface area (Å²) in [5.74, 6) is 0.342. The molecular formula is C23H22FN3O2S. The van der Waals surface area contributed by atoms with Gasteiger partial charge in [0.15, 0.2) is 0 Å². The Kier molecular flexibility index (Phi) is 5.55. The number of carbonyl (C=O) groups excluding carboxylic acids is 1. The van der Waals surface area contributed by atoms with Gasteiger partial charge in [-0.25, -0.2) is 4.39 Å². The van der Waals surface area contributed by atoms with Gasteiger partial charge in [-0.1, -0.05) is 30.3 Å². The SMILES string of the molecule is COc1ccccc1[C@@H](C)NC(=O)c1cc2c(C)nn(Cc3ccc(F)cc3)c2s1. The zero-order chi connectivity index (χ0) is 21.3. The van der Waals surface area contributed by atoms with Gasteiger partial charge in [0.05, 0.1) is 30.3 Å². The van der Waals surface area contributed by atoms with Crippen molar-refractivity contribution in [2.45, 2.75) is 26.4 Å². The first-order valence-electron chi connectivity index (χ1n) is 9.61. The molecule has 2 aromatic heterocycles. The Morgan fingerprint density at radius 3 is 2.70 bits per heavy atom. The molecule has 0 aliphatic heterocycles. The van der Waals surface area contributed by atoms with E-state index in [1.807, 2.05) is 48.9 Å². The van der Waals surface area contributed by atoms with Crippen molar-refractivity contribution in [2.24, 2.45) is 0 Å². The number of nitrogens with one attached hydrogen (secondary N) is 1. The number of fused-ring (bicyclic) bond motifs is 1. The quantitative estimate of drug-likeness (QED) is 0.470. The van der Waals surface area contributed by atoms with E-state index in [9.17, 15) is 9.18 Å². The maximum atomic E-state index is 13.2. The number of amides is 1. The van der Waals surface area contributed by atoms with Crippen molar-refractivity contribution in [3.05, 3.63) is 82.1 Å². The predicted molar refractivity (Wildman–Crippen MR) is 117 cm³/mol. The van der Waals surface area contributed by atoms with E-state index >= 15 is 0 Å². The molecule has 0 aliphatic carbocycles. The Morgan fingerprint density at radius 1 is 1.23 bits per heavy atom. The average Bonchev–Trinajstić information content (AvgIpc) is 3.31. The average molecular weight is 424 g/mol. The van der Waals surface area contributed by atoms with Crippen molar-refractivity contribution >= 4 is 27.5 Å². The number of hydrogen-bond donors (Lipinski definition) is 1. The van der Waals surface area contributed by atoms with Crippen LogP contribution >= 0.6 is 11.3 Å². The summed E-state index contributed by atoms with van der Waals surface area (Å²) < 4.78 is 20.4. The normalized spacial score (nSPS) is 12.1. The summed E-state index contributed by atoms with van der Waals surface area (Å²) in [6.07, 6.45) is 0. The van der Waals surface area contributed by atoms with Crippen LogP contribution in [-0.4, -0.2) is 22.8 Å². The molecule has 154 valence electrons. The number of aromatic nitrogens is 2. The molecular weight excluding hydrogens is 401 g/mol. The molecule has 1 amide bonds. The van der Waals surface area contributed by atoms with Gasteiger partial charge in [-0.3, -0.25) is 9.48 Å². The third-order valence-corrected chi connectivity index (χ3v) is 6.18. The molecule has 30 heavy (non-hydrogen) atoms. The topological polar surface area (TPSA) is 56.1 Å². The maximum Gasteiger partial charge on any atom is 0.261 e. The van der Waals surface area contributed by atoms with Gasteiger partial charge in [0.2, 0.25) is 0 Å². The van der Waals surface area contributed by atoms with Crippen LogP contribution in [0.4, 0.5) is 4.39 Å². The van der Waals surface area contributed by atoms with Crippen LogP contribution in [0.15, 0.2) is 54.6 Å². The molecule has 4 aromatic rings. The fraction of sp³-hybridized carbons (Fsp3) is 0.217. The smallest absolute Gasteiger partial charge is 0.261 e. The number of methoxy groups -OCH3 is 1. The number of nitrogens with zero attached hydrogens (tertiary/aromatic N) is 2. The molecule has 0 aliphatic rings. The van der Waals surface area contributed by atoms with Gasteiger partial charge in [0, 0.05) is 10.9 Å². The molecule has 0 fully saturated rings. The van der Waals surface area contributed by atoms with Crippen LogP contribution in [-0.2, 0) is 6.54 Å². The van der Waals surface area contributed by atoms with Gasteiger partial charge in [0.1, 0.15) is 16.4 Å². The summed E-state index contributed by atoms with van der Waals surface area (Å²) in [5, 5.41) is 8.59. The minimum absolute atomic E-state index is 0.137. The van der Waals surface area contributed by atoms with Crippen LogP contribution < -0.4 is 10.1 Å². The van der Waals surface area contributed by atoms with Gasteiger partial charge in [-0.15, -0.1) is 11.3 Å². The molecule has 5 nitrogen and oxygen atoms in total. The number of halogens is 1. The lowest BCUT2D eigenvalue weighted by Crippen LogP contribution is -2.26. The molecule has 0 saturated carbocycles. The Hall–Kier alpha value is -3.19.